The molecule has 0 spiro atoms. The molecule has 2 saturated carbocycles. The van der Waals surface area contributed by atoms with E-state index in [0.29, 0.717) is 26.1 Å². The van der Waals surface area contributed by atoms with Crippen molar-refractivity contribution in [3.8, 4) is 0 Å². The summed E-state index contributed by atoms with van der Waals surface area (Å²) < 4.78 is 11.0. The predicted octanol–water partition coefficient (Wildman–Crippen LogP) is 0.428. The highest BCUT2D eigenvalue weighted by Gasteiger charge is 2.49. The minimum Gasteiger partial charge on any atom is -0.353 e. The fraction of sp³-hybridized carbons (Fsp3) is 0.824. The molecule has 4 aliphatic rings. The smallest absolute Gasteiger partial charge is 0.232 e. The van der Waals surface area contributed by atoms with Crippen molar-refractivity contribution in [1.29, 1.82) is 0 Å². The second-order valence-corrected chi connectivity index (χ2v) is 7.51. The highest BCUT2D eigenvalue weighted by molar-refractivity contribution is 6.04. The first kappa shape index (κ1) is 16.0. The van der Waals surface area contributed by atoms with Crippen molar-refractivity contribution in [1.82, 2.24) is 10.2 Å². The molecular formula is C17H24N2O5. The third-order valence-electron chi connectivity index (χ3n) is 6.16. The van der Waals surface area contributed by atoms with Crippen LogP contribution < -0.4 is 5.32 Å². The largest absolute Gasteiger partial charge is 0.353 e. The van der Waals surface area contributed by atoms with Gasteiger partial charge in [0.1, 0.15) is 6.79 Å². The molecule has 7 heteroatoms. The van der Waals surface area contributed by atoms with Gasteiger partial charge in [0.15, 0.2) is 0 Å². The third-order valence-corrected chi connectivity index (χ3v) is 6.16. The van der Waals surface area contributed by atoms with Crippen LogP contribution >= 0.6 is 0 Å². The van der Waals surface area contributed by atoms with Crippen LogP contribution in [0.1, 0.15) is 38.5 Å². The monoisotopic (exact) mass is 336 g/mol. The van der Waals surface area contributed by atoms with Crippen molar-refractivity contribution in [2.75, 3.05) is 13.8 Å². The summed E-state index contributed by atoms with van der Waals surface area (Å²) in [7, 11) is 1.55. The lowest BCUT2D eigenvalue weighted by molar-refractivity contribution is -0.138. The second kappa shape index (κ2) is 6.11. The first-order valence-corrected chi connectivity index (χ1v) is 8.89. The Hall–Kier alpha value is -1.47. The molecule has 2 aliphatic heterocycles. The normalized spacial score (nSPS) is 42.0. The maximum Gasteiger partial charge on any atom is 0.232 e. The lowest BCUT2D eigenvalue weighted by Crippen LogP contribution is -2.46. The van der Waals surface area contributed by atoms with Gasteiger partial charge in [0.05, 0.1) is 24.0 Å². The van der Waals surface area contributed by atoms with Gasteiger partial charge >= 0.3 is 0 Å². The Morgan fingerprint density at radius 2 is 1.75 bits per heavy atom. The summed E-state index contributed by atoms with van der Waals surface area (Å²) in [5.74, 6) is -0.599. The zero-order valence-electron chi connectivity index (χ0n) is 13.9. The van der Waals surface area contributed by atoms with Crippen LogP contribution in [0.15, 0.2) is 0 Å². The molecule has 6 atom stereocenters. The first-order chi connectivity index (χ1) is 11.5. The Kier molecular flexibility index (Phi) is 4.08. The number of nitrogens with zero attached hydrogens (tertiary/aromatic N) is 1. The lowest BCUT2D eigenvalue weighted by atomic mass is 9.78. The number of fused-ring (bicyclic) bond motifs is 2. The van der Waals surface area contributed by atoms with Crippen molar-refractivity contribution >= 4 is 17.7 Å². The van der Waals surface area contributed by atoms with Crippen molar-refractivity contribution in [2.24, 2.45) is 17.8 Å². The number of amides is 3. The maximum atomic E-state index is 12.6. The van der Waals surface area contributed by atoms with E-state index in [1.807, 2.05) is 0 Å². The van der Waals surface area contributed by atoms with Crippen molar-refractivity contribution in [3.63, 3.8) is 0 Å². The van der Waals surface area contributed by atoms with E-state index < -0.39 is 0 Å². The average Bonchev–Trinajstić information content (AvgIpc) is 3.14. The Morgan fingerprint density at radius 3 is 2.58 bits per heavy atom. The molecule has 132 valence electrons. The molecular weight excluding hydrogens is 312 g/mol. The molecule has 4 fully saturated rings. The van der Waals surface area contributed by atoms with Crippen molar-refractivity contribution in [3.05, 3.63) is 0 Å². The number of hydrogen-bond acceptors (Lipinski definition) is 5. The molecule has 2 heterocycles. The molecule has 0 aromatic rings. The Bertz CT molecular complexity index is 565. The van der Waals surface area contributed by atoms with Crippen molar-refractivity contribution < 1.29 is 23.9 Å². The van der Waals surface area contributed by atoms with Crippen LogP contribution in [0, 0.1) is 17.8 Å². The van der Waals surface area contributed by atoms with Crippen LogP contribution in [0.5, 0.6) is 0 Å². The number of carbonyl (C=O) groups excluding carboxylic acids is 3. The average molecular weight is 336 g/mol. The van der Waals surface area contributed by atoms with Gasteiger partial charge in [0.2, 0.25) is 17.7 Å². The summed E-state index contributed by atoms with van der Waals surface area (Å²) in [5, 5.41) is 3.11. The highest BCUT2D eigenvalue weighted by Crippen LogP contribution is 2.38. The number of likely N-dealkylation sites (tertiary alicyclic amines) is 1. The zero-order valence-corrected chi connectivity index (χ0v) is 13.9. The van der Waals surface area contributed by atoms with Gasteiger partial charge in [-0.25, -0.2) is 0 Å². The Labute approximate surface area is 141 Å². The van der Waals surface area contributed by atoms with Gasteiger partial charge < -0.3 is 14.8 Å². The molecule has 24 heavy (non-hydrogen) atoms. The van der Waals surface area contributed by atoms with E-state index in [0.717, 1.165) is 19.3 Å². The highest BCUT2D eigenvalue weighted by atomic mass is 16.7. The maximum absolute atomic E-state index is 12.6. The van der Waals surface area contributed by atoms with Gasteiger partial charge in [-0.1, -0.05) is 0 Å². The molecule has 6 unspecified atom stereocenters. The van der Waals surface area contributed by atoms with Crippen LogP contribution in [0.3, 0.4) is 0 Å². The quantitative estimate of drug-likeness (QED) is 0.739. The minimum absolute atomic E-state index is 0.0135. The van der Waals surface area contributed by atoms with Gasteiger partial charge in [0.25, 0.3) is 0 Å². The number of nitrogens with one attached hydrogen (secondary N) is 1. The van der Waals surface area contributed by atoms with Gasteiger partial charge in [0, 0.05) is 19.0 Å². The summed E-state index contributed by atoms with van der Waals surface area (Å²) in [6, 6.07) is -0.0135. The number of carbonyl (C=O) groups is 3. The third kappa shape index (κ3) is 2.63. The van der Waals surface area contributed by atoms with Crippen molar-refractivity contribution in [2.45, 2.75) is 56.8 Å². The molecule has 2 aliphatic carbocycles. The van der Waals surface area contributed by atoms with E-state index in [-0.39, 0.29) is 53.7 Å². The molecule has 4 rings (SSSR count). The topological polar surface area (TPSA) is 84.9 Å². The summed E-state index contributed by atoms with van der Waals surface area (Å²) in [6.45, 7) is 0.332. The minimum atomic E-state index is -0.260. The van der Waals surface area contributed by atoms with Gasteiger partial charge in [-0.05, 0) is 38.5 Å². The van der Waals surface area contributed by atoms with E-state index in [1.165, 1.54) is 4.90 Å². The number of ether oxygens (including phenoxy) is 2. The van der Waals surface area contributed by atoms with Crippen LogP contribution in [-0.2, 0) is 23.9 Å². The Morgan fingerprint density at radius 1 is 1.00 bits per heavy atom. The molecule has 7 nitrogen and oxygen atoms in total. The van der Waals surface area contributed by atoms with E-state index in [1.54, 1.807) is 7.05 Å². The fourth-order valence-electron chi connectivity index (χ4n) is 4.71. The molecule has 0 aromatic heterocycles. The Balaban J connectivity index is 1.34. The standard InChI is InChI=1S/C17H24N2O5/c1-19-16(21)11-4-3-10(7-12(11)17(19)22)18-15(20)9-2-5-13-14(6-9)24-8-23-13/h9-14H,2-8H2,1H3,(H,18,20). The molecule has 2 saturated heterocycles. The number of imide groups is 1. The lowest BCUT2D eigenvalue weighted by Gasteiger charge is -2.33. The van der Waals surface area contributed by atoms with Crippen LogP contribution in [0.25, 0.3) is 0 Å². The number of hydrogen-bond donors (Lipinski definition) is 1. The zero-order chi connectivity index (χ0) is 16.8. The summed E-state index contributed by atoms with van der Waals surface area (Å²) >= 11 is 0. The molecule has 0 bridgehead atoms. The predicted molar refractivity (Wildman–Crippen MR) is 82.5 cm³/mol. The van der Waals surface area contributed by atoms with E-state index in [4.69, 9.17) is 9.47 Å². The molecule has 3 amide bonds. The van der Waals surface area contributed by atoms with Gasteiger partial charge in [-0.3, -0.25) is 19.3 Å². The second-order valence-electron chi connectivity index (χ2n) is 7.51. The SMILES string of the molecule is CN1C(=O)C2CCC(NC(=O)C3CCC4OCOC4C3)CC2C1=O. The van der Waals surface area contributed by atoms with Crippen LogP contribution in [0.4, 0.5) is 0 Å². The summed E-state index contributed by atoms with van der Waals surface area (Å²) in [6.07, 6.45) is 4.56. The molecule has 1 N–H and O–H groups in total. The van der Waals surface area contributed by atoms with E-state index >= 15 is 0 Å². The molecule has 0 radical (unpaired) electrons. The van der Waals surface area contributed by atoms with Crippen LogP contribution in [0.2, 0.25) is 0 Å². The summed E-state index contributed by atoms with van der Waals surface area (Å²) in [4.78, 5) is 38.0. The first-order valence-electron chi connectivity index (χ1n) is 8.89. The van der Waals surface area contributed by atoms with Gasteiger partial charge in [-0.15, -0.1) is 0 Å². The van der Waals surface area contributed by atoms with E-state index in [9.17, 15) is 14.4 Å². The van der Waals surface area contributed by atoms with E-state index in [2.05, 4.69) is 5.32 Å². The summed E-state index contributed by atoms with van der Waals surface area (Å²) in [5.41, 5.74) is 0. The van der Waals surface area contributed by atoms with Gasteiger partial charge in [-0.2, -0.15) is 0 Å². The fourth-order valence-corrected chi connectivity index (χ4v) is 4.71. The van der Waals surface area contributed by atoms with Crippen LogP contribution in [-0.4, -0.2) is 54.7 Å². The molecule has 0 aromatic carbocycles. The number of rotatable bonds is 2.